The van der Waals surface area contributed by atoms with Crippen LogP contribution in [0.1, 0.15) is 44.6 Å². The van der Waals surface area contributed by atoms with Crippen molar-refractivity contribution in [3.8, 4) is 17.1 Å². The molecule has 1 aromatic carbocycles. The minimum atomic E-state index is -0.0176. The molecule has 0 unspecified atom stereocenters. The van der Waals surface area contributed by atoms with E-state index in [1.165, 1.54) is 25.7 Å². The van der Waals surface area contributed by atoms with Crippen LogP contribution in [0.4, 0.5) is 0 Å². The van der Waals surface area contributed by atoms with Gasteiger partial charge in [-0.05, 0) is 43.4 Å². The number of ether oxygens (including phenoxy) is 1. The lowest BCUT2D eigenvalue weighted by molar-refractivity contribution is 0.263. The summed E-state index contributed by atoms with van der Waals surface area (Å²) in [7, 11) is 0. The van der Waals surface area contributed by atoms with Crippen molar-refractivity contribution in [1.82, 2.24) is 9.55 Å². The molecule has 1 saturated carbocycles. The highest BCUT2D eigenvalue weighted by molar-refractivity contribution is 5.59. The zero-order valence-electron chi connectivity index (χ0n) is 13.9. The first kappa shape index (κ1) is 16.1. The number of aliphatic hydroxyl groups is 1. The van der Waals surface area contributed by atoms with E-state index in [1.807, 2.05) is 24.4 Å². The van der Waals surface area contributed by atoms with E-state index in [2.05, 4.69) is 22.7 Å². The van der Waals surface area contributed by atoms with Crippen LogP contribution in [0.3, 0.4) is 0 Å². The van der Waals surface area contributed by atoms with E-state index in [0.717, 1.165) is 41.6 Å². The van der Waals surface area contributed by atoms with Gasteiger partial charge in [0, 0.05) is 30.1 Å². The Bertz CT molecular complexity index is 630. The van der Waals surface area contributed by atoms with Gasteiger partial charge in [0.05, 0.1) is 13.2 Å². The Balaban J connectivity index is 1.82. The van der Waals surface area contributed by atoms with Crippen molar-refractivity contribution < 1.29 is 9.84 Å². The Morgan fingerprint density at radius 3 is 2.87 bits per heavy atom. The topological polar surface area (TPSA) is 47.3 Å². The third-order valence-corrected chi connectivity index (χ3v) is 4.60. The van der Waals surface area contributed by atoms with Crippen molar-refractivity contribution in [3.63, 3.8) is 0 Å². The maximum absolute atomic E-state index is 9.63. The summed E-state index contributed by atoms with van der Waals surface area (Å²) in [4.78, 5) is 4.54. The highest BCUT2D eigenvalue weighted by Crippen LogP contribution is 2.30. The molecule has 0 saturated heterocycles. The predicted octanol–water partition coefficient (Wildman–Crippen LogP) is 4.02. The first-order valence-electron chi connectivity index (χ1n) is 8.70. The lowest BCUT2D eigenvalue weighted by Gasteiger charge is -2.15. The van der Waals surface area contributed by atoms with Crippen molar-refractivity contribution in [1.29, 1.82) is 0 Å². The number of aromatic nitrogens is 2. The van der Waals surface area contributed by atoms with Crippen LogP contribution in [-0.4, -0.2) is 21.3 Å². The zero-order valence-corrected chi connectivity index (χ0v) is 13.9. The Hall–Kier alpha value is -1.81. The molecule has 1 heterocycles. The summed E-state index contributed by atoms with van der Waals surface area (Å²) < 4.78 is 7.95. The van der Waals surface area contributed by atoms with Crippen LogP contribution in [0.5, 0.6) is 5.75 Å². The molecule has 2 aromatic rings. The van der Waals surface area contributed by atoms with Gasteiger partial charge < -0.3 is 14.4 Å². The summed E-state index contributed by atoms with van der Waals surface area (Å²) >= 11 is 0. The van der Waals surface area contributed by atoms with Crippen molar-refractivity contribution in [3.05, 3.63) is 36.2 Å². The molecule has 0 radical (unpaired) electrons. The van der Waals surface area contributed by atoms with Crippen molar-refractivity contribution in [2.75, 3.05) is 6.61 Å². The summed E-state index contributed by atoms with van der Waals surface area (Å²) in [6.07, 6.45) is 10.2. The Morgan fingerprint density at radius 2 is 2.13 bits per heavy atom. The molecule has 23 heavy (non-hydrogen) atoms. The molecule has 3 rings (SSSR count). The summed E-state index contributed by atoms with van der Waals surface area (Å²) in [6.45, 7) is 3.77. The van der Waals surface area contributed by atoms with E-state index >= 15 is 0 Å². The fourth-order valence-corrected chi connectivity index (χ4v) is 3.38. The van der Waals surface area contributed by atoms with Gasteiger partial charge in [0.25, 0.3) is 0 Å². The molecule has 1 N–H and O–H groups in total. The molecular weight excluding hydrogens is 288 g/mol. The van der Waals surface area contributed by atoms with Crippen molar-refractivity contribution in [2.45, 2.75) is 52.2 Å². The molecule has 0 bridgehead atoms. The van der Waals surface area contributed by atoms with Crippen LogP contribution in [0, 0.1) is 5.92 Å². The lowest BCUT2D eigenvalue weighted by Crippen LogP contribution is -2.08. The number of benzene rings is 1. The smallest absolute Gasteiger partial charge is 0.139 e. The monoisotopic (exact) mass is 314 g/mol. The lowest BCUT2D eigenvalue weighted by atomic mass is 10.1. The minimum absolute atomic E-state index is 0.0176. The standard InChI is InChI=1S/C19H26N2O2/c1-2-11-23-18-8-7-16(12-17(18)14-22)19-20-9-10-21(19)13-15-5-3-4-6-15/h7-10,12,15,22H,2-6,11,13-14H2,1H3. The third kappa shape index (κ3) is 3.75. The molecule has 1 aromatic heterocycles. The number of aliphatic hydroxyl groups excluding tert-OH is 1. The van der Waals surface area contributed by atoms with Gasteiger partial charge in [-0.2, -0.15) is 0 Å². The molecule has 0 spiro atoms. The molecule has 1 aliphatic rings. The number of nitrogens with zero attached hydrogens (tertiary/aromatic N) is 2. The van der Waals surface area contributed by atoms with E-state index in [4.69, 9.17) is 4.74 Å². The van der Waals surface area contributed by atoms with Gasteiger partial charge in [-0.15, -0.1) is 0 Å². The van der Waals surface area contributed by atoms with Gasteiger partial charge >= 0.3 is 0 Å². The highest BCUT2D eigenvalue weighted by atomic mass is 16.5. The molecule has 124 valence electrons. The number of hydrogen-bond donors (Lipinski definition) is 1. The van der Waals surface area contributed by atoms with Crippen LogP contribution < -0.4 is 4.74 Å². The van der Waals surface area contributed by atoms with E-state index in [1.54, 1.807) is 0 Å². The Kier molecular flexibility index (Phi) is 5.34. The van der Waals surface area contributed by atoms with Gasteiger partial charge in [-0.25, -0.2) is 4.98 Å². The fraction of sp³-hybridized carbons (Fsp3) is 0.526. The van der Waals surface area contributed by atoms with E-state index in [0.29, 0.717) is 6.61 Å². The van der Waals surface area contributed by atoms with Gasteiger partial charge in [0.15, 0.2) is 0 Å². The quantitative estimate of drug-likeness (QED) is 0.839. The normalized spacial score (nSPS) is 15.2. The van der Waals surface area contributed by atoms with Crippen LogP contribution in [0.25, 0.3) is 11.4 Å². The number of imidazole rings is 1. The van der Waals surface area contributed by atoms with Crippen LogP contribution in [0.15, 0.2) is 30.6 Å². The fourth-order valence-electron chi connectivity index (χ4n) is 3.38. The molecular formula is C19H26N2O2. The maximum Gasteiger partial charge on any atom is 0.139 e. The second-order valence-corrected chi connectivity index (χ2v) is 6.38. The van der Waals surface area contributed by atoms with E-state index in [9.17, 15) is 5.11 Å². The SMILES string of the molecule is CCCOc1ccc(-c2nccn2CC2CCCC2)cc1CO. The molecule has 1 aliphatic carbocycles. The molecule has 0 amide bonds. The van der Waals surface area contributed by atoms with Crippen molar-refractivity contribution in [2.24, 2.45) is 5.92 Å². The van der Waals surface area contributed by atoms with Gasteiger partial charge in [0.1, 0.15) is 11.6 Å². The molecule has 0 atom stereocenters. The minimum Gasteiger partial charge on any atom is -0.493 e. The number of rotatable bonds is 7. The summed E-state index contributed by atoms with van der Waals surface area (Å²) in [5, 5.41) is 9.63. The molecule has 4 nitrogen and oxygen atoms in total. The maximum atomic E-state index is 9.63. The summed E-state index contributed by atoms with van der Waals surface area (Å²) in [5.41, 5.74) is 1.87. The second kappa shape index (κ2) is 7.64. The molecule has 0 aliphatic heterocycles. The first-order chi connectivity index (χ1) is 11.3. The largest absolute Gasteiger partial charge is 0.493 e. The second-order valence-electron chi connectivity index (χ2n) is 6.38. The predicted molar refractivity (Wildman–Crippen MR) is 91.3 cm³/mol. The Morgan fingerprint density at radius 1 is 1.30 bits per heavy atom. The van der Waals surface area contributed by atoms with Crippen LogP contribution in [-0.2, 0) is 13.2 Å². The van der Waals surface area contributed by atoms with Gasteiger partial charge in [-0.3, -0.25) is 0 Å². The van der Waals surface area contributed by atoms with Gasteiger partial charge in [-0.1, -0.05) is 19.8 Å². The van der Waals surface area contributed by atoms with E-state index in [-0.39, 0.29) is 6.61 Å². The third-order valence-electron chi connectivity index (χ3n) is 4.60. The Labute approximate surface area is 138 Å². The number of hydrogen-bond acceptors (Lipinski definition) is 3. The van der Waals surface area contributed by atoms with Crippen LogP contribution >= 0.6 is 0 Å². The van der Waals surface area contributed by atoms with Gasteiger partial charge in [0.2, 0.25) is 0 Å². The first-order valence-corrected chi connectivity index (χ1v) is 8.70. The van der Waals surface area contributed by atoms with Crippen LogP contribution in [0.2, 0.25) is 0 Å². The summed E-state index contributed by atoms with van der Waals surface area (Å²) in [5.74, 6) is 2.52. The average molecular weight is 314 g/mol. The highest BCUT2D eigenvalue weighted by Gasteiger charge is 2.17. The van der Waals surface area contributed by atoms with E-state index < -0.39 is 0 Å². The van der Waals surface area contributed by atoms with Crippen molar-refractivity contribution >= 4 is 0 Å². The average Bonchev–Trinajstić information content (AvgIpc) is 3.25. The molecule has 1 fully saturated rings. The zero-order chi connectivity index (χ0) is 16.1. The summed E-state index contributed by atoms with van der Waals surface area (Å²) in [6, 6.07) is 5.99. The molecule has 4 heteroatoms.